The Bertz CT molecular complexity index is 17.7. The minimum Gasteiger partial charge on any atom is -2.00 e. The average molecular weight is 145 g/mol. The number of hydrogen-bond acceptors (Lipinski definition) is 3. The van der Waals surface area contributed by atoms with Crippen molar-refractivity contribution in [2.45, 2.75) is 0 Å². The van der Waals surface area contributed by atoms with Gasteiger partial charge in [0.1, 0.15) is 0 Å². The Labute approximate surface area is 54.6 Å². The molecule has 0 aliphatic heterocycles. The molecule has 0 fully saturated rings. The fourth-order valence-corrected chi connectivity index (χ4v) is 0. The van der Waals surface area contributed by atoms with Crippen LogP contribution in [-0.4, -0.2) is 29.8 Å². The van der Waals surface area contributed by atoms with Gasteiger partial charge in [-0.2, -0.15) is 5.06 Å². The quantitative estimate of drug-likeness (QED) is 0.472. The number of nitrogens with zero attached hydrogens (tertiary/aromatic N) is 1. The van der Waals surface area contributed by atoms with Crippen LogP contribution in [0.15, 0.2) is 0 Å². The van der Waals surface area contributed by atoms with Gasteiger partial charge in [0.25, 0.3) is 0 Å². The molecular formula is C2H8NO3V-3. The van der Waals surface area contributed by atoms with E-state index in [1.54, 1.807) is 14.1 Å². The SMILES string of the molecule is CN(C)O.[O-2].[OH-].[V]. The molecule has 0 bridgehead atoms. The van der Waals surface area contributed by atoms with Gasteiger partial charge in [0.2, 0.25) is 0 Å². The predicted octanol–water partition coefficient (Wildman–Crippen LogP) is -0.361. The van der Waals surface area contributed by atoms with E-state index in [0.717, 1.165) is 5.06 Å². The first kappa shape index (κ1) is 26.1. The van der Waals surface area contributed by atoms with E-state index in [1.165, 1.54) is 0 Å². The van der Waals surface area contributed by atoms with Crippen LogP contribution in [0.1, 0.15) is 0 Å². The molecule has 2 N–H and O–H groups in total. The smallest absolute Gasteiger partial charge is 0.0121 e. The van der Waals surface area contributed by atoms with E-state index < -0.39 is 0 Å². The Morgan fingerprint density at radius 3 is 1.29 bits per heavy atom. The summed E-state index contributed by atoms with van der Waals surface area (Å²) in [6.07, 6.45) is 0. The summed E-state index contributed by atoms with van der Waals surface area (Å²) in [6, 6.07) is 0. The fourth-order valence-electron chi connectivity index (χ4n) is 0. The second-order valence-electron chi connectivity index (χ2n) is 0.847. The van der Waals surface area contributed by atoms with Gasteiger partial charge in [0, 0.05) is 32.7 Å². The molecule has 0 aliphatic carbocycles. The van der Waals surface area contributed by atoms with Crippen molar-refractivity contribution in [3.05, 3.63) is 0 Å². The third-order valence-corrected chi connectivity index (χ3v) is 0. The van der Waals surface area contributed by atoms with Crippen LogP contribution in [0, 0.1) is 0 Å². The molecular weight excluding hydrogens is 137 g/mol. The molecule has 0 aromatic rings. The van der Waals surface area contributed by atoms with Crippen LogP contribution in [0.4, 0.5) is 0 Å². The fraction of sp³-hybridized carbons (Fsp3) is 1.00. The van der Waals surface area contributed by atoms with Gasteiger partial charge in [0.05, 0.1) is 0 Å². The van der Waals surface area contributed by atoms with Crippen molar-refractivity contribution in [2.75, 3.05) is 14.1 Å². The van der Waals surface area contributed by atoms with Crippen LogP contribution < -0.4 is 0 Å². The Balaban J connectivity index is -0.0000000150. The average Bonchev–Trinajstić information content (AvgIpc) is 0.811. The summed E-state index contributed by atoms with van der Waals surface area (Å²) < 4.78 is 0. The summed E-state index contributed by atoms with van der Waals surface area (Å²) in [5.74, 6) is 0. The van der Waals surface area contributed by atoms with E-state index in [-0.39, 0.29) is 29.5 Å². The molecule has 0 amide bonds. The molecule has 5 heteroatoms. The molecule has 0 aliphatic rings. The molecule has 0 saturated carbocycles. The molecule has 4 nitrogen and oxygen atoms in total. The van der Waals surface area contributed by atoms with Crippen molar-refractivity contribution in [3.63, 3.8) is 0 Å². The summed E-state index contributed by atoms with van der Waals surface area (Å²) >= 11 is 0. The molecule has 0 aromatic heterocycles. The minimum absolute atomic E-state index is 0. The van der Waals surface area contributed by atoms with Gasteiger partial charge in [-0.15, -0.1) is 0 Å². The third-order valence-electron chi connectivity index (χ3n) is 0. The standard InChI is InChI=1S/C2H7NO.H2O.O.V/c1-3(2)4;;;/h4H,1-2H3;1H2;;/q;;-2;/p-1. The molecule has 0 rings (SSSR count). The van der Waals surface area contributed by atoms with Crippen molar-refractivity contribution in [1.29, 1.82) is 0 Å². The topological polar surface area (TPSA) is 82.0 Å². The van der Waals surface area contributed by atoms with Crippen molar-refractivity contribution < 1.29 is 34.7 Å². The third kappa shape index (κ3) is 698. The molecule has 0 heterocycles. The van der Waals surface area contributed by atoms with Gasteiger partial charge < -0.3 is 16.2 Å². The van der Waals surface area contributed by atoms with Crippen LogP contribution in [0.5, 0.6) is 0 Å². The molecule has 47 valence electrons. The van der Waals surface area contributed by atoms with Gasteiger partial charge in [-0.25, -0.2) is 0 Å². The van der Waals surface area contributed by atoms with Crippen LogP contribution in [0.2, 0.25) is 0 Å². The maximum Gasteiger partial charge on any atom is 0.0121 e. The first-order chi connectivity index (χ1) is 1.73. The van der Waals surface area contributed by atoms with E-state index in [4.69, 9.17) is 5.21 Å². The zero-order chi connectivity index (χ0) is 3.58. The maximum absolute atomic E-state index is 7.89. The number of hydrogen-bond donors (Lipinski definition) is 1. The monoisotopic (exact) mass is 145 g/mol. The summed E-state index contributed by atoms with van der Waals surface area (Å²) in [7, 11) is 3.11. The predicted molar refractivity (Wildman–Crippen MR) is 18.1 cm³/mol. The van der Waals surface area contributed by atoms with Crippen molar-refractivity contribution in [2.24, 2.45) is 0 Å². The second kappa shape index (κ2) is 16.1. The normalized spacial score (nSPS) is 5.14. The van der Waals surface area contributed by atoms with Crippen LogP contribution in [0.3, 0.4) is 0 Å². The Kier molecular flexibility index (Phi) is 60.2. The molecule has 0 atom stereocenters. The zero-order valence-electron chi connectivity index (χ0n) is 4.20. The van der Waals surface area contributed by atoms with E-state index in [9.17, 15) is 0 Å². The molecule has 0 spiro atoms. The Hall–Kier alpha value is 0.424. The zero-order valence-corrected chi connectivity index (χ0v) is 5.59. The molecule has 0 unspecified atom stereocenters. The first-order valence-corrected chi connectivity index (χ1v) is 1.09. The summed E-state index contributed by atoms with van der Waals surface area (Å²) in [5, 5.41) is 8.89. The van der Waals surface area contributed by atoms with E-state index >= 15 is 0 Å². The van der Waals surface area contributed by atoms with E-state index in [0.29, 0.717) is 0 Å². The summed E-state index contributed by atoms with van der Waals surface area (Å²) in [5.41, 5.74) is 0. The Morgan fingerprint density at radius 2 is 1.29 bits per heavy atom. The minimum atomic E-state index is 0. The maximum atomic E-state index is 7.89. The van der Waals surface area contributed by atoms with Crippen LogP contribution in [0.25, 0.3) is 0 Å². The molecule has 1 radical (unpaired) electrons. The van der Waals surface area contributed by atoms with Gasteiger partial charge in [0.15, 0.2) is 0 Å². The van der Waals surface area contributed by atoms with Crippen LogP contribution in [-0.2, 0) is 24.0 Å². The second-order valence-corrected chi connectivity index (χ2v) is 0.847. The summed E-state index contributed by atoms with van der Waals surface area (Å²) in [4.78, 5) is 0. The van der Waals surface area contributed by atoms with Crippen LogP contribution >= 0.6 is 0 Å². The van der Waals surface area contributed by atoms with Crippen molar-refractivity contribution in [1.82, 2.24) is 5.06 Å². The van der Waals surface area contributed by atoms with Gasteiger partial charge in [-0.05, 0) is 0 Å². The van der Waals surface area contributed by atoms with Gasteiger partial charge >= 0.3 is 0 Å². The van der Waals surface area contributed by atoms with Gasteiger partial charge in [-0.3, -0.25) is 0 Å². The first-order valence-electron chi connectivity index (χ1n) is 1.09. The summed E-state index contributed by atoms with van der Waals surface area (Å²) in [6.45, 7) is 0. The number of rotatable bonds is 0. The molecule has 7 heavy (non-hydrogen) atoms. The van der Waals surface area contributed by atoms with Crippen molar-refractivity contribution in [3.8, 4) is 0 Å². The molecule has 0 aromatic carbocycles. The number of hydroxylamine groups is 2. The van der Waals surface area contributed by atoms with E-state index in [1.807, 2.05) is 0 Å². The largest absolute Gasteiger partial charge is 2.00 e. The van der Waals surface area contributed by atoms with Gasteiger partial charge in [-0.1, -0.05) is 0 Å². The van der Waals surface area contributed by atoms with Crippen molar-refractivity contribution >= 4 is 0 Å². The molecule has 0 saturated heterocycles. The van der Waals surface area contributed by atoms with E-state index in [2.05, 4.69) is 0 Å². The Morgan fingerprint density at radius 1 is 1.29 bits per heavy atom.